The van der Waals surface area contributed by atoms with E-state index < -0.39 is 17.7 Å². The minimum atomic E-state index is -0.517. The largest absolute Gasteiger partial charge is 0.354 e. The van der Waals surface area contributed by atoms with Crippen molar-refractivity contribution in [3.05, 3.63) is 35.4 Å². The van der Waals surface area contributed by atoms with Crippen LogP contribution < -0.4 is 5.32 Å². The standard InChI is InChI=1S/C18H28F2N4.HI/c1-13-7-6-10-24(12-13)18(21-2)22-11-16(23(3)4)17-14(19)8-5-9-15(17)20;/h5,8-9,13,16H,6-7,10-12H2,1-4H3,(H,21,22);1H. The number of guanidine groups is 1. The predicted octanol–water partition coefficient (Wildman–Crippen LogP) is 3.49. The Balaban J connectivity index is 0.00000312. The monoisotopic (exact) mass is 466 g/mol. The van der Waals surface area contributed by atoms with Crippen LogP contribution in [0.25, 0.3) is 0 Å². The highest BCUT2D eigenvalue weighted by Gasteiger charge is 2.24. The third kappa shape index (κ3) is 5.77. The normalized spacial score (nSPS) is 19.6. The van der Waals surface area contributed by atoms with Crippen LogP contribution in [0.3, 0.4) is 0 Å². The van der Waals surface area contributed by atoms with Crippen LogP contribution in [0.1, 0.15) is 31.4 Å². The summed E-state index contributed by atoms with van der Waals surface area (Å²) in [7, 11) is 5.39. The number of hydrogen-bond donors (Lipinski definition) is 1. The zero-order valence-electron chi connectivity index (χ0n) is 15.4. The molecule has 1 heterocycles. The van der Waals surface area contributed by atoms with E-state index in [1.165, 1.54) is 24.6 Å². The van der Waals surface area contributed by atoms with Gasteiger partial charge in [-0.1, -0.05) is 13.0 Å². The van der Waals surface area contributed by atoms with Gasteiger partial charge in [0.05, 0.1) is 6.04 Å². The number of piperidine rings is 1. The van der Waals surface area contributed by atoms with Gasteiger partial charge >= 0.3 is 0 Å². The second kappa shape index (κ2) is 10.3. The minimum absolute atomic E-state index is 0. The van der Waals surface area contributed by atoms with Gasteiger partial charge in [-0.15, -0.1) is 24.0 Å². The van der Waals surface area contributed by atoms with Crippen molar-refractivity contribution < 1.29 is 8.78 Å². The molecule has 1 N–H and O–H groups in total. The fraction of sp³-hybridized carbons (Fsp3) is 0.611. The van der Waals surface area contributed by atoms with Gasteiger partial charge in [-0.05, 0) is 45.0 Å². The molecule has 0 spiro atoms. The summed E-state index contributed by atoms with van der Waals surface area (Å²) in [6.07, 6.45) is 2.37. The first kappa shape index (κ1) is 22.1. The number of benzene rings is 1. The highest BCUT2D eigenvalue weighted by atomic mass is 127. The summed E-state index contributed by atoms with van der Waals surface area (Å²) in [6, 6.07) is 3.58. The van der Waals surface area contributed by atoms with Crippen LogP contribution in [0, 0.1) is 17.6 Å². The highest BCUT2D eigenvalue weighted by molar-refractivity contribution is 14.0. The van der Waals surface area contributed by atoms with Crippen molar-refractivity contribution in [2.75, 3.05) is 40.8 Å². The molecule has 1 fully saturated rings. The number of nitrogens with one attached hydrogen (secondary N) is 1. The Morgan fingerprint density at radius 1 is 1.36 bits per heavy atom. The molecular formula is C18H29F2IN4. The maximum atomic E-state index is 14.1. The van der Waals surface area contributed by atoms with E-state index in [0.29, 0.717) is 12.5 Å². The Morgan fingerprint density at radius 2 is 2.00 bits per heavy atom. The fourth-order valence-electron chi connectivity index (χ4n) is 3.27. The molecule has 0 aromatic heterocycles. The van der Waals surface area contributed by atoms with Crippen LogP contribution in [0.15, 0.2) is 23.2 Å². The fourth-order valence-corrected chi connectivity index (χ4v) is 3.27. The maximum Gasteiger partial charge on any atom is 0.193 e. The van der Waals surface area contributed by atoms with Crippen molar-refractivity contribution >= 4 is 29.9 Å². The molecule has 0 amide bonds. The maximum absolute atomic E-state index is 14.1. The van der Waals surface area contributed by atoms with Crippen LogP contribution in [-0.2, 0) is 0 Å². The van der Waals surface area contributed by atoms with Gasteiger partial charge in [-0.3, -0.25) is 4.99 Å². The smallest absolute Gasteiger partial charge is 0.193 e. The molecule has 1 aromatic carbocycles. The van der Waals surface area contributed by atoms with E-state index in [-0.39, 0.29) is 29.5 Å². The molecule has 1 aromatic rings. The van der Waals surface area contributed by atoms with Crippen molar-refractivity contribution in [1.29, 1.82) is 0 Å². The van der Waals surface area contributed by atoms with E-state index in [1.807, 2.05) is 19.0 Å². The Labute approximate surface area is 166 Å². The number of aliphatic imine (C=N–C) groups is 1. The van der Waals surface area contributed by atoms with Gasteiger partial charge in [-0.2, -0.15) is 0 Å². The van der Waals surface area contributed by atoms with Crippen molar-refractivity contribution in [2.24, 2.45) is 10.9 Å². The molecule has 2 atom stereocenters. The quantitative estimate of drug-likeness (QED) is 0.419. The SMILES string of the molecule is CN=C(NCC(c1c(F)cccc1F)N(C)C)N1CCCC(C)C1.I. The first-order chi connectivity index (χ1) is 11.4. The molecule has 25 heavy (non-hydrogen) atoms. The second-order valence-electron chi connectivity index (χ2n) is 6.74. The van der Waals surface area contributed by atoms with Gasteiger partial charge in [0.2, 0.25) is 0 Å². The summed E-state index contributed by atoms with van der Waals surface area (Å²) >= 11 is 0. The minimum Gasteiger partial charge on any atom is -0.354 e. The van der Waals surface area contributed by atoms with Gasteiger partial charge in [0.25, 0.3) is 0 Å². The average Bonchev–Trinajstić information content (AvgIpc) is 2.53. The number of hydrogen-bond acceptors (Lipinski definition) is 2. The van der Waals surface area contributed by atoms with Crippen molar-refractivity contribution in [2.45, 2.75) is 25.8 Å². The molecule has 0 bridgehead atoms. The number of likely N-dealkylation sites (tertiary alicyclic amines) is 1. The van der Waals surface area contributed by atoms with Crippen LogP contribution >= 0.6 is 24.0 Å². The molecule has 2 unspecified atom stereocenters. The highest BCUT2D eigenvalue weighted by Crippen LogP contribution is 2.24. The lowest BCUT2D eigenvalue weighted by Crippen LogP contribution is -2.48. The summed E-state index contributed by atoms with van der Waals surface area (Å²) in [5, 5.41) is 3.29. The molecule has 4 nitrogen and oxygen atoms in total. The molecule has 2 rings (SSSR count). The van der Waals surface area contributed by atoms with Gasteiger partial charge in [0.1, 0.15) is 11.6 Å². The van der Waals surface area contributed by atoms with E-state index in [4.69, 9.17) is 0 Å². The van der Waals surface area contributed by atoms with E-state index in [1.54, 1.807) is 7.05 Å². The summed E-state index contributed by atoms with van der Waals surface area (Å²) in [5.74, 6) is 0.394. The zero-order chi connectivity index (χ0) is 17.7. The van der Waals surface area contributed by atoms with Crippen molar-refractivity contribution in [1.82, 2.24) is 15.1 Å². The Hall–Kier alpha value is -0.960. The lowest BCUT2D eigenvalue weighted by molar-refractivity contribution is 0.254. The van der Waals surface area contributed by atoms with Gasteiger partial charge in [0, 0.05) is 32.2 Å². The molecule has 0 radical (unpaired) electrons. The van der Waals surface area contributed by atoms with Crippen LogP contribution in [-0.4, -0.2) is 56.5 Å². The summed E-state index contributed by atoms with van der Waals surface area (Å²) in [4.78, 5) is 8.38. The number of rotatable bonds is 4. The Morgan fingerprint density at radius 3 is 2.52 bits per heavy atom. The molecule has 0 aliphatic carbocycles. The van der Waals surface area contributed by atoms with Crippen LogP contribution in [0.2, 0.25) is 0 Å². The van der Waals surface area contributed by atoms with E-state index >= 15 is 0 Å². The van der Waals surface area contributed by atoms with Gasteiger partial charge < -0.3 is 15.1 Å². The van der Waals surface area contributed by atoms with Crippen molar-refractivity contribution in [3.8, 4) is 0 Å². The first-order valence-electron chi connectivity index (χ1n) is 8.50. The molecule has 0 saturated carbocycles. The number of likely N-dealkylation sites (N-methyl/N-ethyl adjacent to an activating group) is 1. The molecule has 1 aliphatic rings. The summed E-state index contributed by atoms with van der Waals surface area (Å²) in [5.41, 5.74) is 0.0949. The molecule has 1 aliphatic heterocycles. The third-order valence-electron chi connectivity index (χ3n) is 4.58. The van der Waals surface area contributed by atoms with E-state index in [2.05, 4.69) is 22.1 Å². The van der Waals surface area contributed by atoms with Gasteiger partial charge in [0.15, 0.2) is 5.96 Å². The van der Waals surface area contributed by atoms with E-state index in [9.17, 15) is 8.78 Å². The zero-order valence-corrected chi connectivity index (χ0v) is 17.8. The molecular weight excluding hydrogens is 437 g/mol. The van der Waals surface area contributed by atoms with Gasteiger partial charge in [-0.25, -0.2) is 8.78 Å². The Kier molecular flexibility index (Phi) is 9.06. The van der Waals surface area contributed by atoms with Crippen molar-refractivity contribution in [3.63, 3.8) is 0 Å². The average molecular weight is 466 g/mol. The number of nitrogens with zero attached hydrogens (tertiary/aromatic N) is 3. The van der Waals surface area contributed by atoms with Crippen LogP contribution in [0.4, 0.5) is 8.78 Å². The van der Waals surface area contributed by atoms with E-state index in [0.717, 1.165) is 25.5 Å². The number of halogens is 3. The molecule has 7 heteroatoms. The topological polar surface area (TPSA) is 30.9 Å². The predicted molar refractivity (Wildman–Crippen MR) is 110 cm³/mol. The molecule has 1 saturated heterocycles. The summed E-state index contributed by atoms with van der Waals surface area (Å²) in [6.45, 7) is 4.55. The lowest BCUT2D eigenvalue weighted by Gasteiger charge is -2.35. The second-order valence-corrected chi connectivity index (χ2v) is 6.74. The third-order valence-corrected chi connectivity index (χ3v) is 4.58. The lowest BCUT2D eigenvalue weighted by atomic mass is 10.0. The molecule has 142 valence electrons. The van der Waals surface area contributed by atoms with Crippen LogP contribution in [0.5, 0.6) is 0 Å². The summed E-state index contributed by atoms with van der Waals surface area (Å²) < 4.78 is 28.3. The first-order valence-corrected chi connectivity index (χ1v) is 8.50. The Bertz CT molecular complexity index is 560.